The molecule has 166 valence electrons. The highest BCUT2D eigenvalue weighted by Gasteiger charge is 2.35. The van der Waals surface area contributed by atoms with E-state index in [2.05, 4.69) is 5.32 Å². The second kappa shape index (κ2) is 8.07. The van der Waals surface area contributed by atoms with E-state index in [0.717, 1.165) is 17.7 Å². The Bertz CT molecular complexity index is 1080. The van der Waals surface area contributed by atoms with E-state index in [4.69, 9.17) is 9.47 Å². The molecule has 0 saturated carbocycles. The number of hydrogen-bond donors (Lipinski definition) is 1. The van der Waals surface area contributed by atoms with Gasteiger partial charge in [-0.2, -0.15) is 0 Å². The maximum absolute atomic E-state index is 13.0. The number of nitrogens with one attached hydrogen (secondary N) is 1. The van der Waals surface area contributed by atoms with E-state index in [1.165, 1.54) is 4.31 Å². The third-order valence-electron chi connectivity index (χ3n) is 5.75. The molecular formula is C23H28N2O5S. The number of fused-ring (bicyclic) bond motifs is 1. The molecule has 1 fully saturated rings. The molecule has 7 nitrogen and oxygen atoms in total. The quantitative estimate of drug-likeness (QED) is 0.778. The highest BCUT2D eigenvalue weighted by Crippen LogP contribution is 2.41. The van der Waals surface area contributed by atoms with E-state index in [1.54, 1.807) is 31.4 Å². The zero-order chi connectivity index (χ0) is 22.2. The zero-order valence-corrected chi connectivity index (χ0v) is 18.9. The summed E-state index contributed by atoms with van der Waals surface area (Å²) in [6.45, 7) is 4.46. The molecule has 2 heterocycles. The van der Waals surface area contributed by atoms with Crippen LogP contribution in [0.3, 0.4) is 0 Å². The second-order valence-electron chi connectivity index (χ2n) is 8.64. The lowest BCUT2D eigenvalue weighted by molar-refractivity contribution is 0.0618. The van der Waals surface area contributed by atoms with Crippen molar-refractivity contribution in [3.8, 4) is 11.5 Å². The lowest BCUT2D eigenvalue weighted by atomic mass is 9.89. The first kappa shape index (κ1) is 21.5. The summed E-state index contributed by atoms with van der Waals surface area (Å²) in [4.78, 5) is 13.0. The van der Waals surface area contributed by atoms with Crippen molar-refractivity contribution in [2.24, 2.45) is 0 Å². The van der Waals surface area contributed by atoms with Gasteiger partial charge in [0.1, 0.15) is 17.1 Å². The first-order valence-corrected chi connectivity index (χ1v) is 12.1. The Labute approximate surface area is 183 Å². The van der Waals surface area contributed by atoms with E-state index < -0.39 is 15.6 Å². The van der Waals surface area contributed by atoms with Crippen LogP contribution in [0.2, 0.25) is 0 Å². The first-order valence-electron chi connectivity index (χ1n) is 10.5. The summed E-state index contributed by atoms with van der Waals surface area (Å²) >= 11 is 0. The van der Waals surface area contributed by atoms with Gasteiger partial charge in [0.2, 0.25) is 10.0 Å². The maximum atomic E-state index is 13.0. The SMILES string of the molecule is COc1ccc2c(c1)C(NC(=O)c1ccc(N3CCCCS3(=O)=O)cc1)CC(C)(C)O2. The average molecular weight is 445 g/mol. The topological polar surface area (TPSA) is 84.9 Å². The van der Waals surface area contributed by atoms with Crippen LogP contribution >= 0.6 is 0 Å². The molecule has 0 aromatic heterocycles. The first-order chi connectivity index (χ1) is 14.7. The summed E-state index contributed by atoms with van der Waals surface area (Å²) < 4.78 is 37.5. The van der Waals surface area contributed by atoms with Gasteiger partial charge in [-0.05, 0) is 69.2 Å². The minimum Gasteiger partial charge on any atom is -0.497 e. The molecule has 1 saturated heterocycles. The van der Waals surface area contributed by atoms with Gasteiger partial charge in [-0.3, -0.25) is 9.10 Å². The summed E-state index contributed by atoms with van der Waals surface area (Å²) in [5.41, 5.74) is 1.53. The van der Waals surface area contributed by atoms with Crippen molar-refractivity contribution in [3.63, 3.8) is 0 Å². The predicted octanol–water partition coefficient (Wildman–Crippen LogP) is 3.66. The van der Waals surface area contributed by atoms with Crippen LogP contribution in [0, 0.1) is 0 Å². The molecule has 2 aliphatic rings. The van der Waals surface area contributed by atoms with Crippen LogP contribution in [0.4, 0.5) is 5.69 Å². The molecule has 8 heteroatoms. The number of hydrogen-bond acceptors (Lipinski definition) is 5. The summed E-state index contributed by atoms with van der Waals surface area (Å²) in [5.74, 6) is 1.38. The molecule has 1 N–H and O–H groups in total. The van der Waals surface area contributed by atoms with Crippen LogP contribution in [0.1, 0.15) is 55.1 Å². The van der Waals surface area contributed by atoms with E-state index in [-0.39, 0.29) is 17.7 Å². The van der Waals surface area contributed by atoms with E-state index >= 15 is 0 Å². The Balaban J connectivity index is 1.54. The average Bonchev–Trinajstić information content (AvgIpc) is 2.72. The molecule has 2 aromatic rings. The van der Waals surface area contributed by atoms with Crippen LogP contribution in [0.5, 0.6) is 11.5 Å². The van der Waals surface area contributed by atoms with Crippen LogP contribution in [-0.2, 0) is 10.0 Å². The Morgan fingerprint density at radius 3 is 2.58 bits per heavy atom. The molecule has 1 amide bonds. The van der Waals surface area contributed by atoms with Crippen LogP contribution in [0.15, 0.2) is 42.5 Å². The van der Waals surface area contributed by atoms with Crippen molar-refractivity contribution < 1.29 is 22.7 Å². The molecule has 2 aliphatic heterocycles. The number of anilines is 1. The smallest absolute Gasteiger partial charge is 0.251 e. The van der Waals surface area contributed by atoms with Gasteiger partial charge in [0, 0.05) is 24.1 Å². The fourth-order valence-electron chi connectivity index (χ4n) is 4.19. The second-order valence-corrected chi connectivity index (χ2v) is 10.7. The van der Waals surface area contributed by atoms with Gasteiger partial charge in [0.05, 0.1) is 24.6 Å². The fraction of sp³-hybridized carbons (Fsp3) is 0.435. The number of sulfonamides is 1. The minimum atomic E-state index is -3.28. The minimum absolute atomic E-state index is 0.164. The van der Waals surface area contributed by atoms with Gasteiger partial charge in [-0.15, -0.1) is 0 Å². The van der Waals surface area contributed by atoms with Crippen molar-refractivity contribution in [1.29, 1.82) is 0 Å². The Morgan fingerprint density at radius 1 is 1.16 bits per heavy atom. The van der Waals surface area contributed by atoms with Gasteiger partial charge in [-0.25, -0.2) is 8.42 Å². The third kappa shape index (κ3) is 4.49. The number of carbonyl (C=O) groups excluding carboxylic acids is 1. The number of ether oxygens (including phenoxy) is 2. The standard InChI is InChI=1S/C23H28N2O5S/c1-23(2)15-20(19-14-18(29-3)10-11-21(19)30-23)24-22(26)16-6-8-17(9-7-16)25-12-4-5-13-31(25,27)28/h6-11,14,20H,4-5,12-13,15H2,1-3H3,(H,24,26). The predicted molar refractivity (Wildman–Crippen MR) is 119 cm³/mol. The number of methoxy groups -OCH3 is 1. The Hall–Kier alpha value is -2.74. The van der Waals surface area contributed by atoms with Crippen LogP contribution < -0.4 is 19.1 Å². The van der Waals surface area contributed by atoms with Gasteiger partial charge in [-0.1, -0.05) is 0 Å². The Morgan fingerprint density at radius 2 is 1.90 bits per heavy atom. The van der Waals surface area contributed by atoms with Crippen molar-refractivity contribution in [3.05, 3.63) is 53.6 Å². The zero-order valence-electron chi connectivity index (χ0n) is 18.1. The van der Waals surface area contributed by atoms with Gasteiger partial charge in [0.15, 0.2) is 0 Å². The monoisotopic (exact) mass is 444 g/mol. The molecule has 31 heavy (non-hydrogen) atoms. The summed E-state index contributed by atoms with van der Waals surface area (Å²) in [6.07, 6.45) is 2.14. The molecule has 1 unspecified atom stereocenters. The van der Waals surface area contributed by atoms with E-state index in [9.17, 15) is 13.2 Å². The molecule has 0 radical (unpaired) electrons. The lowest BCUT2D eigenvalue weighted by Gasteiger charge is -2.38. The fourth-order valence-corrected chi connectivity index (χ4v) is 5.83. The molecule has 1 atom stereocenters. The van der Waals surface area contributed by atoms with Crippen molar-refractivity contribution in [1.82, 2.24) is 5.32 Å². The molecule has 0 aliphatic carbocycles. The third-order valence-corrected chi connectivity index (χ3v) is 7.62. The number of nitrogens with zero attached hydrogens (tertiary/aromatic N) is 1. The van der Waals surface area contributed by atoms with Gasteiger partial charge in [0.25, 0.3) is 5.91 Å². The Kier molecular flexibility index (Phi) is 5.60. The highest BCUT2D eigenvalue weighted by molar-refractivity contribution is 7.92. The molecule has 0 bridgehead atoms. The molecule has 2 aromatic carbocycles. The normalized spacial score (nSPS) is 21.5. The van der Waals surface area contributed by atoms with Crippen molar-refractivity contribution in [2.45, 2.75) is 44.8 Å². The summed E-state index contributed by atoms with van der Waals surface area (Å²) in [6, 6.07) is 12.1. The van der Waals surface area contributed by atoms with Crippen LogP contribution in [0.25, 0.3) is 0 Å². The lowest BCUT2D eigenvalue weighted by Crippen LogP contribution is -2.41. The maximum Gasteiger partial charge on any atom is 0.251 e. The van der Waals surface area contributed by atoms with Gasteiger partial charge < -0.3 is 14.8 Å². The largest absolute Gasteiger partial charge is 0.497 e. The van der Waals surface area contributed by atoms with Crippen LogP contribution in [-0.4, -0.2) is 39.3 Å². The van der Waals surface area contributed by atoms with Crippen molar-refractivity contribution in [2.75, 3.05) is 23.7 Å². The summed E-state index contributed by atoms with van der Waals surface area (Å²) in [7, 11) is -1.67. The molecule has 4 rings (SSSR count). The number of benzene rings is 2. The van der Waals surface area contributed by atoms with Gasteiger partial charge >= 0.3 is 0 Å². The molecule has 0 spiro atoms. The highest BCUT2D eigenvalue weighted by atomic mass is 32.2. The molecular weight excluding hydrogens is 416 g/mol. The number of amides is 1. The van der Waals surface area contributed by atoms with E-state index in [0.29, 0.717) is 36.4 Å². The summed E-state index contributed by atoms with van der Waals surface area (Å²) in [5, 5.41) is 3.11. The van der Waals surface area contributed by atoms with E-state index in [1.807, 2.05) is 32.0 Å². The van der Waals surface area contributed by atoms with Crippen molar-refractivity contribution >= 4 is 21.6 Å². The number of carbonyl (C=O) groups is 1. The number of rotatable bonds is 4.